The topological polar surface area (TPSA) is 63.6 Å². The molecule has 4 nitrogen and oxygen atoms in total. The van der Waals surface area contributed by atoms with Crippen LogP contribution in [0, 0.1) is 0 Å². The Morgan fingerprint density at radius 1 is 1.24 bits per heavy atom. The van der Waals surface area contributed by atoms with E-state index in [-0.39, 0.29) is 5.78 Å². The summed E-state index contributed by atoms with van der Waals surface area (Å²) in [5, 5.41) is 9.39. The van der Waals surface area contributed by atoms with Gasteiger partial charge in [-0.3, -0.25) is 4.79 Å². The van der Waals surface area contributed by atoms with Crippen LogP contribution in [0.3, 0.4) is 0 Å². The van der Waals surface area contributed by atoms with Gasteiger partial charge in [0.1, 0.15) is 6.10 Å². The number of hydrogen-bond acceptors (Lipinski definition) is 4. The standard InChI is InChI=1S/C13H14O4/c14-10-7-4-8-11(12(10)15)17-13(16)9-5-2-1-3-6-9/h1-3,5-6,10-11,14H,4,7-8H2. The quantitative estimate of drug-likeness (QED) is 0.784. The number of carbonyl (C=O) groups is 2. The average molecular weight is 234 g/mol. The van der Waals surface area contributed by atoms with Crippen molar-refractivity contribution in [2.24, 2.45) is 0 Å². The van der Waals surface area contributed by atoms with E-state index in [0.29, 0.717) is 24.8 Å². The van der Waals surface area contributed by atoms with Crippen LogP contribution in [0.15, 0.2) is 30.3 Å². The predicted octanol–water partition coefficient (Wildman–Crippen LogP) is 1.33. The number of carbonyl (C=O) groups excluding carboxylic acids is 2. The van der Waals surface area contributed by atoms with Gasteiger partial charge in [-0.15, -0.1) is 0 Å². The molecule has 4 heteroatoms. The van der Waals surface area contributed by atoms with Gasteiger partial charge in [0, 0.05) is 0 Å². The molecule has 0 radical (unpaired) electrons. The summed E-state index contributed by atoms with van der Waals surface area (Å²) in [6, 6.07) is 8.52. The molecule has 0 heterocycles. The molecule has 2 unspecified atom stereocenters. The highest BCUT2D eigenvalue weighted by molar-refractivity contribution is 5.94. The predicted molar refractivity (Wildman–Crippen MR) is 60.5 cm³/mol. The Hall–Kier alpha value is -1.68. The molecular weight excluding hydrogens is 220 g/mol. The molecule has 0 aliphatic heterocycles. The van der Waals surface area contributed by atoms with Gasteiger partial charge >= 0.3 is 5.97 Å². The van der Waals surface area contributed by atoms with E-state index < -0.39 is 18.2 Å². The Bertz CT molecular complexity index is 413. The minimum absolute atomic E-state index is 0.388. The molecule has 1 aromatic carbocycles. The molecule has 2 atom stereocenters. The van der Waals surface area contributed by atoms with Crippen molar-refractivity contribution >= 4 is 11.8 Å². The summed E-state index contributed by atoms with van der Waals surface area (Å²) in [7, 11) is 0. The number of aliphatic hydroxyl groups excluding tert-OH is 1. The third-order valence-corrected chi connectivity index (χ3v) is 2.85. The first-order valence-electron chi connectivity index (χ1n) is 5.66. The lowest BCUT2D eigenvalue weighted by Gasteiger charge is -2.24. The molecule has 1 saturated carbocycles. The number of ketones is 1. The van der Waals surface area contributed by atoms with Crippen LogP contribution in [-0.4, -0.2) is 29.1 Å². The van der Waals surface area contributed by atoms with E-state index in [1.807, 2.05) is 0 Å². The van der Waals surface area contributed by atoms with Crippen molar-refractivity contribution in [2.45, 2.75) is 31.5 Å². The lowest BCUT2D eigenvalue weighted by Crippen LogP contribution is -2.39. The summed E-state index contributed by atoms with van der Waals surface area (Å²) in [6.45, 7) is 0. The van der Waals surface area contributed by atoms with Gasteiger partial charge in [-0.1, -0.05) is 18.2 Å². The van der Waals surface area contributed by atoms with Crippen molar-refractivity contribution in [3.63, 3.8) is 0 Å². The SMILES string of the molecule is O=C(OC1CCCC(O)C1=O)c1ccccc1. The van der Waals surface area contributed by atoms with Crippen LogP contribution in [-0.2, 0) is 9.53 Å². The maximum absolute atomic E-state index is 11.7. The second-order valence-corrected chi connectivity index (χ2v) is 4.11. The van der Waals surface area contributed by atoms with E-state index in [0.717, 1.165) is 0 Å². The van der Waals surface area contributed by atoms with E-state index in [9.17, 15) is 14.7 Å². The van der Waals surface area contributed by atoms with Crippen molar-refractivity contribution in [2.75, 3.05) is 0 Å². The molecule has 0 amide bonds. The Balaban J connectivity index is 2.01. The highest BCUT2D eigenvalue weighted by atomic mass is 16.5. The lowest BCUT2D eigenvalue weighted by atomic mass is 9.93. The normalized spacial score (nSPS) is 24.4. The van der Waals surface area contributed by atoms with Crippen molar-refractivity contribution in [1.29, 1.82) is 0 Å². The highest BCUT2D eigenvalue weighted by Gasteiger charge is 2.32. The average Bonchev–Trinajstić information content (AvgIpc) is 2.36. The van der Waals surface area contributed by atoms with Crippen molar-refractivity contribution in [3.05, 3.63) is 35.9 Å². The van der Waals surface area contributed by atoms with Gasteiger partial charge in [0.15, 0.2) is 6.10 Å². The van der Waals surface area contributed by atoms with Crippen LogP contribution >= 0.6 is 0 Å². The smallest absolute Gasteiger partial charge is 0.338 e. The van der Waals surface area contributed by atoms with E-state index in [1.54, 1.807) is 30.3 Å². The zero-order valence-electron chi connectivity index (χ0n) is 9.33. The summed E-state index contributed by atoms with van der Waals surface area (Å²) in [6.07, 6.45) is -0.143. The molecule has 0 spiro atoms. The molecule has 1 aliphatic rings. The van der Waals surface area contributed by atoms with Crippen molar-refractivity contribution < 1.29 is 19.4 Å². The number of ether oxygens (including phenoxy) is 1. The molecule has 1 aromatic rings. The summed E-state index contributed by atoms with van der Waals surface area (Å²) in [5.41, 5.74) is 0.417. The zero-order chi connectivity index (χ0) is 12.3. The Labute approximate surface area is 99.2 Å². The number of aliphatic hydroxyl groups is 1. The number of hydrogen-bond donors (Lipinski definition) is 1. The molecule has 1 N–H and O–H groups in total. The first kappa shape index (κ1) is 11.8. The first-order chi connectivity index (χ1) is 8.18. The molecule has 0 bridgehead atoms. The van der Waals surface area contributed by atoms with Gasteiger partial charge in [-0.05, 0) is 31.4 Å². The molecule has 1 aliphatic carbocycles. The van der Waals surface area contributed by atoms with Crippen LogP contribution in [0.1, 0.15) is 29.6 Å². The van der Waals surface area contributed by atoms with E-state index in [1.165, 1.54) is 0 Å². The van der Waals surface area contributed by atoms with Crippen LogP contribution in [0.5, 0.6) is 0 Å². The maximum Gasteiger partial charge on any atom is 0.338 e. The van der Waals surface area contributed by atoms with Gasteiger partial charge in [-0.25, -0.2) is 4.79 Å². The fourth-order valence-electron chi connectivity index (χ4n) is 1.88. The lowest BCUT2D eigenvalue weighted by molar-refractivity contribution is -0.139. The largest absolute Gasteiger partial charge is 0.451 e. The van der Waals surface area contributed by atoms with Crippen LogP contribution < -0.4 is 0 Å². The van der Waals surface area contributed by atoms with Crippen molar-refractivity contribution in [1.82, 2.24) is 0 Å². The van der Waals surface area contributed by atoms with Crippen LogP contribution in [0.4, 0.5) is 0 Å². The van der Waals surface area contributed by atoms with Crippen LogP contribution in [0.25, 0.3) is 0 Å². The minimum Gasteiger partial charge on any atom is -0.451 e. The molecule has 90 valence electrons. The van der Waals surface area contributed by atoms with E-state index in [4.69, 9.17) is 4.74 Å². The molecule has 17 heavy (non-hydrogen) atoms. The number of esters is 1. The summed E-state index contributed by atoms with van der Waals surface area (Å²) in [5.74, 6) is -0.904. The fourth-order valence-corrected chi connectivity index (χ4v) is 1.88. The minimum atomic E-state index is -0.989. The summed E-state index contributed by atoms with van der Waals surface area (Å²) in [4.78, 5) is 23.3. The molecular formula is C13H14O4. The van der Waals surface area contributed by atoms with Crippen molar-refractivity contribution in [3.8, 4) is 0 Å². The summed E-state index contributed by atoms with van der Waals surface area (Å²) >= 11 is 0. The van der Waals surface area contributed by atoms with Gasteiger partial charge in [-0.2, -0.15) is 0 Å². The maximum atomic E-state index is 11.7. The zero-order valence-corrected chi connectivity index (χ0v) is 9.33. The number of Topliss-reactive ketones (excluding diaryl/α,β-unsaturated/α-hetero) is 1. The molecule has 0 aromatic heterocycles. The van der Waals surface area contributed by atoms with Gasteiger partial charge in [0.05, 0.1) is 5.56 Å². The fraction of sp³-hybridized carbons (Fsp3) is 0.385. The van der Waals surface area contributed by atoms with Gasteiger partial charge in [0.2, 0.25) is 5.78 Å². The Kier molecular flexibility index (Phi) is 3.54. The first-order valence-corrected chi connectivity index (χ1v) is 5.66. The number of rotatable bonds is 2. The second kappa shape index (κ2) is 5.10. The Morgan fingerprint density at radius 2 is 1.94 bits per heavy atom. The van der Waals surface area contributed by atoms with E-state index in [2.05, 4.69) is 0 Å². The van der Waals surface area contributed by atoms with Gasteiger partial charge in [0.25, 0.3) is 0 Å². The second-order valence-electron chi connectivity index (χ2n) is 4.11. The molecule has 0 saturated heterocycles. The van der Waals surface area contributed by atoms with Gasteiger partial charge < -0.3 is 9.84 Å². The summed E-state index contributed by atoms with van der Waals surface area (Å²) < 4.78 is 5.11. The van der Waals surface area contributed by atoms with E-state index >= 15 is 0 Å². The highest BCUT2D eigenvalue weighted by Crippen LogP contribution is 2.19. The van der Waals surface area contributed by atoms with Crippen LogP contribution in [0.2, 0.25) is 0 Å². The third-order valence-electron chi connectivity index (χ3n) is 2.85. The Morgan fingerprint density at radius 3 is 2.65 bits per heavy atom. The third kappa shape index (κ3) is 2.71. The monoisotopic (exact) mass is 234 g/mol. The molecule has 1 fully saturated rings. The molecule has 2 rings (SSSR count). The number of benzene rings is 1.